The van der Waals surface area contributed by atoms with Crippen molar-refractivity contribution in [2.45, 2.75) is 6.54 Å². The second-order valence-electron chi connectivity index (χ2n) is 6.12. The SMILES string of the molecule is O=C(Cn1cccc1-c1nc(-c2ccc(Cl)cc2)no1)Nc1cc(F)ccc1Cl. The zero-order valence-corrected chi connectivity index (χ0v) is 16.3. The summed E-state index contributed by atoms with van der Waals surface area (Å²) in [5, 5.41) is 7.43. The average molecular weight is 431 g/mol. The summed E-state index contributed by atoms with van der Waals surface area (Å²) < 4.78 is 20.4. The van der Waals surface area contributed by atoms with Gasteiger partial charge >= 0.3 is 0 Å². The fourth-order valence-corrected chi connectivity index (χ4v) is 3.02. The van der Waals surface area contributed by atoms with Crippen molar-refractivity contribution < 1.29 is 13.7 Å². The first-order valence-electron chi connectivity index (χ1n) is 8.49. The van der Waals surface area contributed by atoms with Gasteiger partial charge in [-0.15, -0.1) is 0 Å². The summed E-state index contributed by atoms with van der Waals surface area (Å²) in [7, 11) is 0. The van der Waals surface area contributed by atoms with Crippen molar-refractivity contribution in [3.05, 3.63) is 76.7 Å². The summed E-state index contributed by atoms with van der Waals surface area (Å²) in [4.78, 5) is 16.8. The Morgan fingerprint density at radius 1 is 1.14 bits per heavy atom. The number of hydrogen-bond acceptors (Lipinski definition) is 4. The molecule has 0 saturated carbocycles. The fraction of sp³-hybridized carbons (Fsp3) is 0.0500. The lowest BCUT2D eigenvalue weighted by atomic mass is 10.2. The zero-order chi connectivity index (χ0) is 20.4. The van der Waals surface area contributed by atoms with E-state index in [4.69, 9.17) is 27.7 Å². The van der Waals surface area contributed by atoms with Crippen molar-refractivity contribution in [1.29, 1.82) is 0 Å². The van der Waals surface area contributed by atoms with E-state index in [0.717, 1.165) is 11.6 Å². The molecule has 0 fully saturated rings. The third-order valence-corrected chi connectivity index (χ3v) is 4.68. The van der Waals surface area contributed by atoms with Crippen LogP contribution in [0.5, 0.6) is 0 Å². The number of hydrogen-bond donors (Lipinski definition) is 1. The second-order valence-corrected chi connectivity index (χ2v) is 6.97. The molecular formula is C20H13Cl2FN4O2. The molecule has 1 N–H and O–H groups in total. The molecule has 2 heterocycles. The highest BCUT2D eigenvalue weighted by Crippen LogP contribution is 2.25. The Morgan fingerprint density at radius 3 is 2.72 bits per heavy atom. The second kappa shape index (κ2) is 8.06. The molecule has 9 heteroatoms. The van der Waals surface area contributed by atoms with E-state index >= 15 is 0 Å². The number of nitrogens with one attached hydrogen (secondary N) is 1. The highest BCUT2D eigenvalue weighted by atomic mass is 35.5. The van der Waals surface area contributed by atoms with Gasteiger partial charge in [0.05, 0.1) is 10.7 Å². The minimum Gasteiger partial charge on any atom is -0.334 e. The monoisotopic (exact) mass is 430 g/mol. The predicted octanol–water partition coefficient (Wildman–Crippen LogP) is 5.29. The van der Waals surface area contributed by atoms with Crippen molar-refractivity contribution in [2.24, 2.45) is 0 Å². The smallest absolute Gasteiger partial charge is 0.274 e. The Labute approximate surface area is 174 Å². The maximum Gasteiger partial charge on any atom is 0.274 e. The van der Waals surface area contributed by atoms with Crippen LogP contribution < -0.4 is 5.32 Å². The van der Waals surface area contributed by atoms with Crippen molar-refractivity contribution in [2.75, 3.05) is 5.32 Å². The topological polar surface area (TPSA) is 73.0 Å². The number of anilines is 1. The highest BCUT2D eigenvalue weighted by molar-refractivity contribution is 6.33. The normalized spacial score (nSPS) is 10.9. The fourth-order valence-electron chi connectivity index (χ4n) is 2.73. The molecule has 1 amide bonds. The summed E-state index contributed by atoms with van der Waals surface area (Å²) in [6, 6.07) is 14.3. The van der Waals surface area contributed by atoms with Crippen LogP contribution in [0.3, 0.4) is 0 Å². The van der Waals surface area contributed by atoms with Gasteiger partial charge in [-0.2, -0.15) is 4.98 Å². The molecule has 0 bridgehead atoms. The molecule has 0 aliphatic heterocycles. The van der Waals surface area contributed by atoms with E-state index in [1.807, 2.05) is 0 Å². The van der Waals surface area contributed by atoms with Gasteiger partial charge in [0, 0.05) is 16.8 Å². The van der Waals surface area contributed by atoms with Gasteiger partial charge in [-0.1, -0.05) is 28.4 Å². The molecule has 0 saturated heterocycles. The Bertz CT molecular complexity index is 1170. The Morgan fingerprint density at radius 2 is 1.93 bits per heavy atom. The molecule has 2 aromatic heterocycles. The van der Waals surface area contributed by atoms with Gasteiger partial charge < -0.3 is 14.4 Å². The van der Waals surface area contributed by atoms with Gasteiger partial charge in [-0.05, 0) is 54.6 Å². The standard InChI is InChI=1S/C20H13Cl2FN4O2/c21-13-5-3-12(4-6-13)19-25-20(29-26-19)17-2-1-9-27(17)11-18(28)24-16-10-14(23)7-8-15(16)22/h1-10H,11H2,(H,24,28). The van der Waals surface area contributed by atoms with Crippen molar-refractivity contribution >= 4 is 34.8 Å². The lowest BCUT2D eigenvalue weighted by Gasteiger charge is -2.09. The Hall–Kier alpha value is -3.16. The third-order valence-electron chi connectivity index (χ3n) is 4.09. The van der Waals surface area contributed by atoms with Crippen LogP contribution in [0.1, 0.15) is 0 Å². The zero-order valence-electron chi connectivity index (χ0n) is 14.8. The van der Waals surface area contributed by atoms with E-state index in [0.29, 0.717) is 16.5 Å². The quantitative estimate of drug-likeness (QED) is 0.466. The summed E-state index contributed by atoms with van der Waals surface area (Å²) in [6.07, 6.45) is 1.70. The van der Waals surface area contributed by atoms with Crippen LogP contribution in [-0.2, 0) is 11.3 Å². The number of aromatic nitrogens is 3. The molecule has 2 aromatic carbocycles. The lowest BCUT2D eigenvalue weighted by Crippen LogP contribution is -2.19. The molecule has 0 radical (unpaired) electrons. The van der Waals surface area contributed by atoms with E-state index < -0.39 is 5.82 Å². The van der Waals surface area contributed by atoms with Crippen LogP contribution in [0.2, 0.25) is 10.0 Å². The minimum atomic E-state index is -0.494. The third kappa shape index (κ3) is 4.31. The summed E-state index contributed by atoms with van der Waals surface area (Å²) in [5.74, 6) is -0.212. The van der Waals surface area contributed by atoms with E-state index in [2.05, 4.69) is 15.5 Å². The summed E-state index contributed by atoms with van der Waals surface area (Å²) in [5.41, 5.74) is 1.52. The first kappa shape index (κ1) is 19.2. The number of carbonyl (C=O) groups excluding carboxylic acids is 1. The maximum absolute atomic E-state index is 13.4. The van der Waals surface area contributed by atoms with Crippen molar-refractivity contribution in [3.8, 4) is 23.0 Å². The average Bonchev–Trinajstić information content (AvgIpc) is 3.34. The first-order valence-corrected chi connectivity index (χ1v) is 9.25. The summed E-state index contributed by atoms with van der Waals surface area (Å²) in [6.45, 7) is -0.0478. The van der Waals surface area contributed by atoms with Crippen molar-refractivity contribution in [1.82, 2.24) is 14.7 Å². The Balaban J connectivity index is 1.52. The number of rotatable bonds is 5. The first-order chi connectivity index (χ1) is 14.0. The van der Waals surface area contributed by atoms with Crippen LogP contribution in [-0.4, -0.2) is 20.6 Å². The van der Waals surface area contributed by atoms with Crippen LogP contribution in [0.4, 0.5) is 10.1 Å². The molecule has 146 valence electrons. The van der Waals surface area contributed by atoms with E-state index in [9.17, 15) is 9.18 Å². The van der Waals surface area contributed by atoms with E-state index in [-0.39, 0.29) is 29.1 Å². The highest BCUT2D eigenvalue weighted by Gasteiger charge is 2.16. The molecule has 6 nitrogen and oxygen atoms in total. The van der Waals surface area contributed by atoms with E-state index in [1.54, 1.807) is 47.2 Å². The maximum atomic E-state index is 13.4. The number of nitrogens with zero attached hydrogens (tertiary/aromatic N) is 3. The van der Waals surface area contributed by atoms with Gasteiger partial charge in [-0.25, -0.2) is 4.39 Å². The Kier molecular flexibility index (Phi) is 5.33. The van der Waals surface area contributed by atoms with Gasteiger partial charge in [0.1, 0.15) is 18.1 Å². The molecule has 0 atom stereocenters. The molecular weight excluding hydrogens is 418 g/mol. The largest absolute Gasteiger partial charge is 0.334 e. The van der Waals surface area contributed by atoms with Gasteiger partial charge in [0.2, 0.25) is 11.7 Å². The van der Waals surface area contributed by atoms with Crippen LogP contribution >= 0.6 is 23.2 Å². The van der Waals surface area contributed by atoms with Crippen molar-refractivity contribution in [3.63, 3.8) is 0 Å². The predicted molar refractivity (Wildman–Crippen MR) is 108 cm³/mol. The molecule has 0 spiro atoms. The minimum absolute atomic E-state index is 0.0478. The molecule has 4 rings (SSSR count). The van der Waals surface area contributed by atoms with Gasteiger partial charge in [0.15, 0.2) is 0 Å². The van der Waals surface area contributed by atoms with Crippen LogP contribution in [0.15, 0.2) is 65.3 Å². The molecule has 0 aliphatic rings. The number of benzene rings is 2. The number of carbonyl (C=O) groups is 1. The number of halogens is 3. The van der Waals surface area contributed by atoms with Gasteiger partial charge in [-0.3, -0.25) is 4.79 Å². The molecule has 4 aromatic rings. The van der Waals surface area contributed by atoms with Gasteiger partial charge in [0.25, 0.3) is 5.89 Å². The van der Waals surface area contributed by atoms with E-state index in [1.165, 1.54) is 12.1 Å². The van der Waals surface area contributed by atoms with Crippen LogP contribution in [0, 0.1) is 5.82 Å². The lowest BCUT2D eigenvalue weighted by molar-refractivity contribution is -0.116. The van der Waals surface area contributed by atoms with Crippen LogP contribution in [0.25, 0.3) is 23.0 Å². The number of amides is 1. The molecule has 29 heavy (non-hydrogen) atoms. The molecule has 0 aliphatic carbocycles. The summed E-state index contributed by atoms with van der Waals surface area (Å²) >= 11 is 11.9. The molecule has 0 unspecified atom stereocenters.